The molecule has 6 heteroatoms. The Labute approximate surface area is 124 Å². The van der Waals surface area contributed by atoms with Gasteiger partial charge in [0.25, 0.3) is 0 Å². The predicted octanol–water partition coefficient (Wildman–Crippen LogP) is 1.13. The van der Waals surface area contributed by atoms with E-state index in [0.29, 0.717) is 12.1 Å². The van der Waals surface area contributed by atoms with Crippen LogP contribution in [0.5, 0.6) is 0 Å². The van der Waals surface area contributed by atoms with Gasteiger partial charge in [-0.15, -0.1) is 0 Å². The average Bonchev–Trinajstić information content (AvgIpc) is 2.47. The van der Waals surface area contributed by atoms with E-state index >= 15 is 0 Å². The lowest BCUT2D eigenvalue weighted by Gasteiger charge is -2.18. The van der Waals surface area contributed by atoms with Crippen LogP contribution in [0.1, 0.15) is 19.4 Å². The van der Waals surface area contributed by atoms with Crippen LogP contribution >= 0.6 is 0 Å². The summed E-state index contributed by atoms with van der Waals surface area (Å²) in [5, 5.41) is 11.9. The molecule has 2 N–H and O–H groups in total. The highest BCUT2D eigenvalue weighted by Crippen LogP contribution is 2.17. The topological polar surface area (TPSA) is 84.9 Å². The highest BCUT2D eigenvalue weighted by atomic mass is 16.6. The zero-order valence-electron chi connectivity index (χ0n) is 12.3. The number of anilines is 1. The van der Waals surface area contributed by atoms with Gasteiger partial charge < -0.3 is 19.9 Å². The first kappa shape index (κ1) is 17.0. The average molecular weight is 295 g/mol. The zero-order valence-corrected chi connectivity index (χ0v) is 12.3. The molecule has 0 unspecified atom stereocenters. The Bertz CT molecular complexity index is 457. The van der Waals surface area contributed by atoms with Crippen LogP contribution in [0.15, 0.2) is 24.3 Å². The Kier molecular flexibility index (Phi) is 7.25. The summed E-state index contributed by atoms with van der Waals surface area (Å²) in [5.41, 5.74) is 1.40. The summed E-state index contributed by atoms with van der Waals surface area (Å²) in [4.78, 5) is 23.8. The summed E-state index contributed by atoms with van der Waals surface area (Å²) in [6.07, 6.45) is 0.418. The van der Waals surface area contributed by atoms with Gasteiger partial charge in [-0.2, -0.15) is 0 Å². The fraction of sp³-hybridized carbons (Fsp3) is 0.467. The minimum absolute atomic E-state index is 0.0256. The summed E-state index contributed by atoms with van der Waals surface area (Å²) in [7, 11) is 0. The molecule has 1 rings (SSSR count). The van der Waals surface area contributed by atoms with Gasteiger partial charge >= 0.3 is 11.9 Å². The minimum atomic E-state index is -1.22. The normalized spacial score (nSPS) is 10.3. The monoisotopic (exact) mass is 295 g/mol. The number of esters is 2. The van der Waals surface area contributed by atoms with Gasteiger partial charge in [-0.25, -0.2) is 9.59 Å². The molecule has 0 saturated carbocycles. The second kappa shape index (κ2) is 8.97. The standard InChI is InChI=1S/C15H21NO5/c1-3-20-14(18)13(15(19)21-4-2)16-12-8-6-5-7-11(12)9-10-17/h5-8,13,16-17H,3-4,9-10H2,1-2H3. The largest absolute Gasteiger partial charge is 0.464 e. The number of carbonyl (C=O) groups excluding carboxylic acids is 2. The van der Waals surface area contributed by atoms with Crippen molar-refractivity contribution >= 4 is 17.6 Å². The second-order valence-electron chi connectivity index (χ2n) is 4.21. The number of nitrogens with one attached hydrogen (secondary N) is 1. The minimum Gasteiger partial charge on any atom is -0.464 e. The molecule has 0 heterocycles. The summed E-state index contributed by atoms with van der Waals surface area (Å²) < 4.78 is 9.78. The van der Waals surface area contributed by atoms with Crippen LogP contribution in [0.2, 0.25) is 0 Å². The Hall–Kier alpha value is -2.08. The summed E-state index contributed by atoms with van der Waals surface area (Å²) in [6.45, 7) is 3.66. The van der Waals surface area contributed by atoms with Gasteiger partial charge in [-0.3, -0.25) is 0 Å². The maximum Gasteiger partial charge on any atom is 0.340 e. The molecule has 0 aliphatic carbocycles. The Morgan fingerprint density at radius 2 is 1.71 bits per heavy atom. The van der Waals surface area contributed by atoms with Crippen LogP contribution in [-0.4, -0.2) is 42.9 Å². The van der Waals surface area contributed by atoms with E-state index in [1.807, 2.05) is 12.1 Å². The first-order chi connectivity index (χ1) is 10.1. The molecule has 116 valence electrons. The van der Waals surface area contributed by atoms with Gasteiger partial charge in [0.2, 0.25) is 6.04 Å². The summed E-state index contributed by atoms with van der Waals surface area (Å²) in [5.74, 6) is -1.37. The van der Waals surface area contributed by atoms with Gasteiger partial charge in [-0.1, -0.05) is 18.2 Å². The molecule has 0 spiro atoms. The van der Waals surface area contributed by atoms with E-state index in [-0.39, 0.29) is 19.8 Å². The predicted molar refractivity (Wildman–Crippen MR) is 77.9 cm³/mol. The fourth-order valence-corrected chi connectivity index (χ4v) is 1.82. The molecule has 21 heavy (non-hydrogen) atoms. The number of rotatable bonds is 8. The first-order valence-electron chi connectivity index (χ1n) is 6.92. The summed E-state index contributed by atoms with van der Waals surface area (Å²) in [6, 6.07) is 5.92. The van der Waals surface area contributed by atoms with E-state index in [1.54, 1.807) is 26.0 Å². The lowest BCUT2D eigenvalue weighted by Crippen LogP contribution is -2.40. The van der Waals surface area contributed by atoms with Crippen molar-refractivity contribution in [1.82, 2.24) is 0 Å². The molecule has 6 nitrogen and oxygen atoms in total. The van der Waals surface area contributed by atoms with Gasteiger partial charge in [-0.05, 0) is 31.9 Å². The number of hydrogen-bond acceptors (Lipinski definition) is 6. The van der Waals surface area contributed by atoms with Crippen molar-refractivity contribution in [3.63, 3.8) is 0 Å². The van der Waals surface area contributed by atoms with Crippen LogP contribution in [0.3, 0.4) is 0 Å². The first-order valence-corrected chi connectivity index (χ1v) is 6.92. The molecule has 0 aliphatic heterocycles. The Morgan fingerprint density at radius 1 is 1.14 bits per heavy atom. The molecule has 0 fully saturated rings. The van der Waals surface area contributed by atoms with Crippen LogP contribution in [-0.2, 0) is 25.5 Å². The lowest BCUT2D eigenvalue weighted by atomic mass is 10.1. The zero-order chi connectivity index (χ0) is 15.7. The SMILES string of the molecule is CCOC(=O)C(Nc1ccccc1CCO)C(=O)OCC. The molecular weight excluding hydrogens is 274 g/mol. The number of benzene rings is 1. The van der Waals surface area contributed by atoms with Crippen molar-refractivity contribution in [2.75, 3.05) is 25.1 Å². The molecule has 0 radical (unpaired) electrons. The van der Waals surface area contributed by atoms with Crippen molar-refractivity contribution in [2.45, 2.75) is 26.3 Å². The highest BCUT2D eigenvalue weighted by molar-refractivity contribution is 6.02. The van der Waals surface area contributed by atoms with E-state index in [1.165, 1.54) is 0 Å². The second-order valence-corrected chi connectivity index (χ2v) is 4.21. The number of ether oxygens (including phenoxy) is 2. The molecule has 1 aromatic carbocycles. The smallest absolute Gasteiger partial charge is 0.340 e. The third-order valence-corrected chi connectivity index (χ3v) is 2.74. The van der Waals surface area contributed by atoms with Crippen LogP contribution < -0.4 is 5.32 Å². The molecular formula is C15H21NO5. The number of hydrogen-bond donors (Lipinski definition) is 2. The molecule has 0 aliphatic rings. The quantitative estimate of drug-likeness (QED) is 0.552. The Morgan fingerprint density at radius 3 is 2.24 bits per heavy atom. The molecule has 0 bridgehead atoms. The van der Waals surface area contributed by atoms with Crippen molar-refractivity contribution in [2.24, 2.45) is 0 Å². The molecule has 0 saturated heterocycles. The molecule has 1 aromatic rings. The van der Waals surface area contributed by atoms with E-state index < -0.39 is 18.0 Å². The van der Waals surface area contributed by atoms with E-state index in [4.69, 9.17) is 14.6 Å². The maximum absolute atomic E-state index is 11.9. The van der Waals surface area contributed by atoms with Crippen molar-refractivity contribution in [1.29, 1.82) is 0 Å². The van der Waals surface area contributed by atoms with Gasteiger partial charge in [0, 0.05) is 12.3 Å². The van der Waals surface area contributed by atoms with Gasteiger partial charge in [0.15, 0.2) is 0 Å². The molecule has 0 atom stereocenters. The van der Waals surface area contributed by atoms with Crippen molar-refractivity contribution < 1.29 is 24.2 Å². The number of aliphatic hydroxyl groups excluding tert-OH is 1. The van der Waals surface area contributed by atoms with E-state index in [9.17, 15) is 9.59 Å². The van der Waals surface area contributed by atoms with Gasteiger partial charge in [0.05, 0.1) is 13.2 Å². The Balaban J connectivity index is 2.95. The van der Waals surface area contributed by atoms with Crippen LogP contribution in [0, 0.1) is 0 Å². The maximum atomic E-state index is 11.9. The summed E-state index contributed by atoms with van der Waals surface area (Å²) >= 11 is 0. The molecule has 0 amide bonds. The number of aliphatic hydroxyl groups is 1. The fourth-order valence-electron chi connectivity index (χ4n) is 1.82. The third-order valence-electron chi connectivity index (χ3n) is 2.74. The van der Waals surface area contributed by atoms with Gasteiger partial charge in [0.1, 0.15) is 0 Å². The van der Waals surface area contributed by atoms with Crippen LogP contribution in [0.4, 0.5) is 5.69 Å². The van der Waals surface area contributed by atoms with Crippen LogP contribution in [0.25, 0.3) is 0 Å². The lowest BCUT2D eigenvalue weighted by molar-refractivity contribution is -0.155. The highest BCUT2D eigenvalue weighted by Gasteiger charge is 2.29. The van der Waals surface area contributed by atoms with E-state index in [0.717, 1.165) is 5.56 Å². The van der Waals surface area contributed by atoms with E-state index in [2.05, 4.69) is 5.32 Å². The molecule has 0 aromatic heterocycles. The number of carbonyl (C=O) groups is 2. The number of para-hydroxylation sites is 1. The third kappa shape index (κ3) is 5.07. The van der Waals surface area contributed by atoms with Crippen molar-refractivity contribution in [3.05, 3.63) is 29.8 Å². The van der Waals surface area contributed by atoms with Crippen molar-refractivity contribution in [3.8, 4) is 0 Å².